The summed E-state index contributed by atoms with van der Waals surface area (Å²) in [5, 5.41) is 3.56. The van der Waals surface area contributed by atoms with E-state index in [1.54, 1.807) is 7.11 Å². The molecule has 1 atom stereocenters. The Kier molecular flexibility index (Phi) is 4.39. The topological polar surface area (TPSA) is 61.2 Å². The van der Waals surface area contributed by atoms with Gasteiger partial charge in [0, 0.05) is 44.1 Å². The van der Waals surface area contributed by atoms with Crippen molar-refractivity contribution >= 4 is 0 Å². The third-order valence-electron chi connectivity index (χ3n) is 3.16. The van der Waals surface area contributed by atoms with Gasteiger partial charge in [0.2, 0.25) is 0 Å². The highest BCUT2D eigenvalue weighted by molar-refractivity contribution is 4.90. The first kappa shape index (κ1) is 12.3. The van der Waals surface area contributed by atoms with Gasteiger partial charge in [0.15, 0.2) is 0 Å². The van der Waals surface area contributed by atoms with Gasteiger partial charge >= 0.3 is 0 Å². The summed E-state index contributed by atoms with van der Waals surface area (Å²) >= 11 is 0. The van der Waals surface area contributed by atoms with Crippen LogP contribution in [0.3, 0.4) is 0 Å². The Morgan fingerprint density at radius 1 is 1.60 bits per heavy atom. The molecule has 0 aliphatic carbocycles. The number of rotatable bonds is 5. The predicted octanol–water partition coefficient (Wildman–Crippen LogP) is 1.90. The maximum absolute atomic E-state index is 8.20. The lowest BCUT2D eigenvalue weighted by molar-refractivity contribution is 0.112. The maximum atomic E-state index is 8.20. The molecule has 0 unspecified atom stereocenters. The quantitative estimate of drug-likeness (QED) is 0.397. The minimum atomic E-state index is 0.298. The molecule has 15 heavy (non-hydrogen) atoms. The summed E-state index contributed by atoms with van der Waals surface area (Å²) in [6, 6.07) is 0. The van der Waals surface area contributed by atoms with Crippen molar-refractivity contribution in [1.29, 1.82) is 0 Å². The summed E-state index contributed by atoms with van der Waals surface area (Å²) in [5.41, 5.74) is 8.50. The van der Waals surface area contributed by atoms with Crippen molar-refractivity contribution in [3.8, 4) is 0 Å². The molecule has 0 radical (unpaired) electrons. The second-order valence-electron chi connectivity index (χ2n) is 4.83. The molecule has 0 aromatic rings. The molecule has 0 aromatic carbocycles. The zero-order valence-corrected chi connectivity index (χ0v) is 9.81. The van der Waals surface area contributed by atoms with Gasteiger partial charge in [0.05, 0.1) is 6.61 Å². The van der Waals surface area contributed by atoms with Crippen molar-refractivity contribution in [2.45, 2.75) is 13.8 Å². The molecule has 1 heterocycles. The first-order valence-electron chi connectivity index (χ1n) is 5.32. The molecule has 86 valence electrons. The summed E-state index contributed by atoms with van der Waals surface area (Å²) < 4.78 is 5.23. The fraction of sp³-hybridized carbons (Fsp3) is 1.00. The lowest BCUT2D eigenvalue weighted by Gasteiger charge is -2.24. The summed E-state index contributed by atoms with van der Waals surface area (Å²) in [5.74, 6) is 0.577. The number of nitrogens with zero attached hydrogens (tertiary/aromatic N) is 4. The molecular formula is C10H20N4O. The van der Waals surface area contributed by atoms with Crippen LogP contribution in [0.4, 0.5) is 0 Å². The van der Waals surface area contributed by atoms with Gasteiger partial charge in [-0.3, -0.25) is 0 Å². The maximum Gasteiger partial charge on any atom is 0.0508 e. The van der Waals surface area contributed by atoms with E-state index in [1.807, 2.05) is 0 Å². The van der Waals surface area contributed by atoms with Crippen molar-refractivity contribution in [3.05, 3.63) is 10.4 Å². The number of ether oxygens (including phenoxy) is 1. The van der Waals surface area contributed by atoms with E-state index in [1.165, 1.54) is 0 Å². The molecule has 0 aromatic heterocycles. The fourth-order valence-corrected chi connectivity index (χ4v) is 2.21. The van der Waals surface area contributed by atoms with Crippen molar-refractivity contribution < 1.29 is 4.74 Å². The van der Waals surface area contributed by atoms with Gasteiger partial charge in [-0.25, -0.2) is 0 Å². The third kappa shape index (κ3) is 3.38. The monoisotopic (exact) mass is 212 g/mol. The summed E-state index contributed by atoms with van der Waals surface area (Å²) in [6.07, 6.45) is 0. The van der Waals surface area contributed by atoms with Crippen LogP contribution < -0.4 is 0 Å². The Bertz CT molecular complexity index is 248. The SMILES string of the molecule is COC[C@@H]1CN(CCN=[N+]=[N-])CC1(C)C. The average molecular weight is 212 g/mol. The number of methoxy groups -OCH3 is 1. The Labute approximate surface area is 91.0 Å². The van der Waals surface area contributed by atoms with E-state index >= 15 is 0 Å². The van der Waals surface area contributed by atoms with Crippen LogP contribution in [-0.2, 0) is 4.74 Å². The van der Waals surface area contributed by atoms with Crippen LogP contribution in [-0.4, -0.2) is 44.8 Å². The van der Waals surface area contributed by atoms with Gasteiger partial charge in [-0.05, 0) is 10.9 Å². The fourth-order valence-electron chi connectivity index (χ4n) is 2.21. The van der Waals surface area contributed by atoms with Crippen molar-refractivity contribution in [2.24, 2.45) is 16.4 Å². The second kappa shape index (κ2) is 5.35. The van der Waals surface area contributed by atoms with Gasteiger partial charge in [-0.2, -0.15) is 0 Å². The van der Waals surface area contributed by atoms with E-state index in [4.69, 9.17) is 10.3 Å². The van der Waals surface area contributed by atoms with E-state index in [0.29, 0.717) is 17.9 Å². The molecule has 1 aliphatic heterocycles. The van der Waals surface area contributed by atoms with Gasteiger partial charge < -0.3 is 9.64 Å². The molecule has 0 N–H and O–H groups in total. The van der Waals surface area contributed by atoms with Crippen molar-refractivity contribution in [2.75, 3.05) is 39.9 Å². The van der Waals surface area contributed by atoms with Crippen LogP contribution in [0, 0.1) is 11.3 Å². The number of likely N-dealkylation sites (tertiary alicyclic amines) is 1. The van der Waals surface area contributed by atoms with Crippen LogP contribution in [0.15, 0.2) is 5.11 Å². The van der Waals surface area contributed by atoms with Crippen LogP contribution >= 0.6 is 0 Å². The van der Waals surface area contributed by atoms with Crippen LogP contribution in [0.5, 0.6) is 0 Å². The standard InChI is InChI=1S/C10H20N4O/c1-10(2)8-14(5-4-12-13-11)6-9(10)7-15-3/h9H,4-8H2,1-3H3/t9-/m0/s1. The van der Waals surface area contributed by atoms with E-state index in [0.717, 1.165) is 26.2 Å². The first-order chi connectivity index (χ1) is 7.10. The van der Waals surface area contributed by atoms with Gasteiger partial charge in [-0.15, -0.1) is 0 Å². The van der Waals surface area contributed by atoms with E-state index < -0.39 is 0 Å². The lowest BCUT2D eigenvalue weighted by Crippen LogP contribution is -2.26. The lowest BCUT2D eigenvalue weighted by atomic mass is 9.83. The Balaban J connectivity index is 2.42. The smallest absolute Gasteiger partial charge is 0.0508 e. The largest absolute Gasteiger partial charge is 0.384 e. The molecule has 1 rings (SSSR count). The molecule has 0 bridgehead atoms. The average Bonchev–Trinajstić information content (AvgIpc) is 2.43. The number of hydrogen-bond acceptors (Lipinski definition) is 3. The summed E-state index contributed by atoms with van der Waals surface area (Å²) in [7, 11) is 1.75. The highest BCUT2D eigenvalue weighted by atomic mass is 16.5. The van der Waals surface area contributed by atoms with Gasteiger partial charge in [0.1, 0.15) is 0 Å². The van der Waals surface area contributed by atoms with Crippen LogP contribution in [0.25, 0.3) is 10.4 Å². The van der Waals surface area contributed by atoms with Crippen molar-refractivity contribution in [1.82, 2.24) is 4.90 Å². The number of azide groups is 1. The minimum absolute atomic E-state index is 0.298. The van der Waals surface area contributed by atoms with E-state index in [2.05, 4.69) is 28.8 Å². The molecule has 0 amide bonds. The Morgan fingerprint density at radius 2 is 2.33 bits per heavy atom. The van der Waals surface area contributed by atoms with Gasteiger partial charge in [-0.1, -0.05) is 19.0 Å². The highest BCUT2D eigenvalue weighted by Crippen LogP contribution is 2.34. The zero-order valence-electron chi connectivity index (χ0n) is 9.81. The normalized spacial score (nSPS) is 25.1. The predicted molar refractivity (Wildman–Crippen MR) is 59.6 cm³/mol. The molecule has 1 aliphatic rings. The summed E-state index contributed by atoms with van der Waals surface area (Å²) in [4.78, 5) is 5.11. The molecule has 5 nitrogen and oxygen atoms in total. The highest BCUT2D eigenvalue weighted by Gasteiger charge is 2.38. The van der Waals surface area contributed by atoms with Crippen LogP contribution in [0.2, 0.25) is 0 Å². The molecule has 0 saturated carbocycles. The van der Waals surface area contributed by atoms with E-state index in [9.17, 15) is 0 Å². The molecular weight excluding hydrogens is 192 g/mol. The molecule has 1 saturated heterocycles. The second-order valence-corrected chi connectivity index (χ2v) is 4.83. The third-order valence-corrected chi connectivity index (χ3v) is 3.16. The molecule has 1 fully saturated rings. The molecule has 0 spiro atoms. The van der Waals surface area contributed by atoms with Crippen LogP contribution in [0.1, 0.15) is 13.8 Å². The van der Waals surface area contributed by atoms with Crippen molar-refractivity contribution in [3.63, 3.8) is 0 Å². The Morgan fingerprint density at radius 3 is 2.93 bits per heavy atom. The zero-order chi connectivity index (χ0) is 11.3. The Hall–Kier alpha value is -0.770. The van der Waals surface area contributed by atoms with Gasteiger partial charge in [0.25, 0.3) is 0 Å². The first-order valence-corrected chi connectivity index (χ1v) is 5.32. The minimum Gasteiger partial charge on any atom is -0.384 e. The van der Waals surface area contributed by atoms with E-state index in [-0.39, 0.29) is 0 Å². The number of hydrogen-bond donors (Lipinski definition) is 0. The molecule has 5 heteroatoms. The summed E-state index contributed by atoms with van der Waals surface area (Å²) in [6.45, 7) is 8.86.